The minimum Gasteiger partial charge on any atom is -0.339 e. The number of anilines is 1. The second-order valence-electron chi connectivity index (χ2n) is 5.01. The number of likely N-dealkylation sites (N-methyl/N-ethyl adjacent to an activating group) is 1. The van der Waals surface area contributed by atoms with Gasteiger partial charge in [-0.25, -0.2) is 0 Å². The van der Waals surface area contributed by atoms with Gasteiger partial charge in [0.05, 0.1) is 6.54 Å². The van der Waals surface area contributed by atoms with Gasteiger partial charge in [-0.15, -0.1) is 0 Å². The molecule has 0 aliphatic carbocycles. The molecule has 20 heavy (non-hydrogen) atoms. The van der Waals surface area contributed by atoms with Crippen molar-refractivity contribution in [2.45, 2.75) is 19.3 Å². The van der Waals surface area contributed by atoms with Gasteiger partial charge in [-0.1, -0.05) is 0 Å². The van der Waals surface area contributed by atoms with Gasteiger partial charge in [-0.3, -0.25) is 9.59 Å². The van der Waals surface area contributed by atoms with Crippen LogP contribution in [0.2, 0.25) is 0 Å². The van der Waals surface area contributed by atoms with E-state index in [-0.39, 0.29) is 18.4 Å². The first-order valence-corrected chi connectivity index (χ1v) is 7.04. The van der Waals surface area contributed by atoms with Crippen LogP contribution < -0.4 is 10.6 Å². The number of hydrogen-bond acceptors (Lipinski definition) is 3. The summed E-state index contributed by atoms with van der Waals surface area (Å²) in [6.45, 7) is 1.97. The molecule has 2 N–H and O–H groups in total. The Morgan fingerprint density at radius 2 is 1.75 bits per heavy atom. The molecular formula is C15H21N3O2. The van der Waals surface area contributed by atoms with E-state index in [1.165, 1.54) is 6.42 Å². The van der Waals surface area contributed by atoms with Crippen molar-refractivity contribution in [1.29, 1.82) is 0 Å². The van der Waals surface area contributed by atoms with Gasteiger partial charge in [0.15, 0.2) is 0 Å². The van der Waals surface area contributed by atoms with Crippen molar-refractivity contribution in [3.05, 3.63) is 29.8 Å². The molecule has 0 radical (unpaired) electrons. The summed E-state index contributed by atoms with van der Waals surface area (Å²) in [4.78, 5) is 25.6. The number of hydrogen-bond donors (Lipinski definition) is 2. The monoisotopic (exact) mass is 275 g/mol. The minimum atomic E-state index is -0.0948. The molecule has 1 aliphatic rings. The van der Waals surface area contributed by atoms with Gasteiger partial charge >= 0.3 is 0 Å². The quantitative estimate of drug-likeness (QED) is 0.874. The fourth-order valence-corrected chi connectivity index (χ4v) is 2.34. The fourth-order valence-electron chi connectivity index (χ4n) is 2.34. The number of likely N-dealkylation sites (tertiary alicyclic amines) is 1. The standard InChI is InChI=1S/C15H21N3O2/c1-16-11-14(19)17-13-7-5-12(6-8-13)15(20)18-9-3-2-4-10-18/h5-8,16H,2-4,9-11H2,1H3,(H,17,19). The SMILES string of the molecule is CNCC(=O)Nc1ccc(C(=O)N2CCCCC2)cc1. The highest BCUT2D eigenvalue weighted by molar-refractivity contribution is 5.96. The lowest BCUT2D eigenvalue weighted by Crippen LogP contribution is -2.35. The van der Waals surface area contributed by atoms with Gasteiger partial charge in [-0.2, -0.15) is 0 Å². The third kappa shape index (κ3) is 3.81. The third-order valence-electron chi connectivity index (χ3n) is 3.40. The Kier molecular flexibility index (Phi) is 5.12. The Morgan fingerprint density at radius 1 is 1.10 bits per heavy atom. The molecular weight excluding hydrogens is 254 g/mol. The van der Waals surface area contributed by atoms with E-state index >= 15 is 0 Å². The summed E-state index contributed by atoms with van der Waals surface area (Å²) in [5, 5.41) is 5.55. The van der Waals surface area contributed by atoms with Crippen LogP contribution in [0, 0.1) is 0 Å². The Labute approximate surface area is 119 Å². The van der Waals surface area contributed by atoms with Crippen LogP contribution in [0.5, 0.6) is 0 Å². The number of carbonyl (C=O) groups is 2. The highest BCUT2D eigenvalue weighted by Gasteiger charge is 2.17. The van der Waals surface area contributed by atoms with Crippen molar-refractivity contribution in [2.75, 3.05) is 32.0 Å². The van der Waals surface area contributed by atoms with Gasteiger partial charge in [0.25, 0.3) is 5.91 Å². The molecule has 1 fully saturated rings. The van der Waals surface area contributed by atoms with Gasteiger partial charge in [0.2, 0.25) is 5.91 Å². The first-order chi connectivity index (χ1) is 9.70. The van der Waals surface area contributed by atoms with Crippen LogP contribution >= 0.6 is 0 Å². The summed E-state index contributed by atoms with van der Waals surface area (Å²) >= 11 is 0. The highest BCUT2D eigenvalue weighted by Crippen LogP contribution is 2.15. The number of carbonyl (C=O) groups excluding carboxylic acids is 2. The Bertz CT molecular complexity index is 465. The number of piperidine rings is 1. The summed E-state index contributed by atoms with van der Waals surface area (Å²) in [7, 11) is 1.72. The lowest BCUT2D eigenvalue weighted by atomic mass is 10.1. The molecule has 5 nitrogen and oxygen atoms in total. The van der Waals surface area contributed by atoms with E-state index in [1.54, 1.807) is 31.3 Å². The molecule has 108 valence electrons. The van der Waals surface area contributed by atoms with Gasteiger partial charge in [0, 0.05) is 24.3 Å². The molecule has 0 bridgehead atoms. The molecule has 0 spiro atoms. The number of rotatable bonds is 4. The second-order valence-corrected chi connectivity index (χ2v) is 5.01. The Morgan fingerprint density at radius 3 is 2.35 bits per heavy atom. The van der Waals surface area contributed by atoms with E-state index < -0.39 is 0 Å². The van der Waals surface area contributed by atoms with Gasteiger partial charge in [-0.05, 0) is 50.6 Å². The topological polar surface area (TPSA) is 61.4 Å². The van der Waals surface area contributed by atoms with E-state index in [9.17, 15) is 9.59 Å². The molecule has 0 saturated carbocycles. The molecule has 5 heteroatoms. The van der Waals surface area contributed by atoms with Crippen molar-refractivity contribution in [3.8, 4) is 0 Å². The van der Waals surface area contributed by atoms with Crippen LogP contribution in [0.15, 0.2) is 24.3 Å². The van der Waals surface area contributed by atoms with Gasteiger partial charge < -0.3 is 15.5 Å². The van der Waals surface area contributed by atoms with Crippen molar-refractivity contribution in [3.63, 3.8) is 0 Å². The van der Waals surface area contributed by atoms with E-state index in [2.05, 4.69) is 10.6 Å². The van der Waals surface area contributed by atoms with E-state index in [4.69, 9.17) is 0 Å². The number of nitrogens with zero attached hydrogens (tertiary/aromatic N) is 1. The molecule has 1 saturated heterocycles. The summed E-state index contributed by atoms with van der Waals surface area (Å²) in [6.07, 6.45) is 3.38. The van der Waals surface area contributed by atoms with Crippen molar-refractivity contribution >= 4 is 17.5 Å². The van der Waals surface area contributed by atoms with E-state index in [0.29, 0.717) is 11.3 Å². The maximum Gasteiger partial charge on any atom is 0.253 e. The van der Waals surface area contributed by atoms with Crippen LogP contribution in [0.4, 0.5) is 5.69 Å². The van der Waals surface area contributed by atoms with E-state index in [1.807, 2.05) is 4.90 Å². The average molecular weight is 275 g/mol. The van der Waals surface area contributed by atoms with E-state index in [0.717, 1.165) is 25.9 Å². The average Bonchev–Trinajstić information content (AvgIpc) is 2.48. The molecule has 1 heterocycles. The van der Waals surface area contributed by atoms with Crippen LogP contribution in [0.1, 0.15) is 29.6 Å². The smallest absolute Gasteiger partial charge is 0.253 e. The maximum absolute atomic E-state index is 12.3. The largest absolute Gasteiger partial charge is 0.339 e. The first-order valence-electron chi connectivity index (χ1n) is 7.04. The summed E-state index contributed by atoms with van der Waals surface area (Å²) in [6, 6.07) is 7.08. The number of nitrogens with one attached hydrogen (secondary N) is 2. The molecule has 1 aliphatic heterocycles. The zero-order valence-corrected chi connectivity index (χ0v) is 11.8. The molecule has 2 amide bonds. The van der Waals surface area contributed by atoms with Crippen LogP contribution in [0.3, 0.4) is 0 Å². The Hall–Kier alpha value is -1.88. The summed E-state index contributed by atoms with van der Waals surface area (Å²) in [5.74, 6) is -0.0135. The fraction of sp³-hybridized carbons (Fsp3) is 0.467. The normalized spacial score (nSPS) is 14.9. The molecule has 0 unspecified atom stereocenters. The lowest BCUT2D eigenvalue weighted by Gasteiger charge is -2.26. The Balaban J connectivity index is 1.96. The minimum absolute atomic E-state index is 0.0813. The molecule has 1 aromatic rings. The second kappa shape index (κ2) is 7.05. The summed E-state index contributed by atoms with van der Waals surface area (Å²) in [5.41, 5.74) is 1.39. The number of benzene rings is 1. The van der Waals surface area contributed by atoms with Crippen molar-refractivity contribution in [1.82, 2.24) is 10.2 Å². The molecule has 0 aromatic heterocycles. The highest BCUT2D eigenvalue weighted by atomic mass is 16.2. The first kappa shape index (κ1) is 14.5. The van der Waals surface area contributed by atoms with Gasteiger partial charge in [0.1, 0.15) is 0 Å². The number of amides is 2. The van der Waals surface area contributed by atoms with Crippen LogP contribution in [-0.2, 0) is 4.79 Å². The third-order valence-corrected chi connectivity index (χ3v) is 3.40. The predicted molar refractivity (Wildman–Crippen MR) is 78.8 cm³/mol. The van der Waals surface area contributed by atoms with Crippen molar-refractivity contribution in [2.24, 2.45) is 0 Å². The molecule has 2 rings (SSSR count). The van der Waals surface area contributed by atoms with Crippen LogP contribution in [0.25, 0.3) is 0 Å². The molecule has 1 aromatic carbocycles. The zero-order chi connectivity index (χ0) is 14.4. The van der Waals surface area contributed by atoms with Crippen molar-refractivity contribution < 1.29 is 9.59 Å². The molecule has 0 atom stereocenters. The van der Waals surface area contributed by atoms with Crippen LogP contribution in [-0.4, -0.2) is 43.4 Å². The summed E-state index contributed by atoms with van der Waals surface area (Å²) < 4.78 is 0. The lowest BCUT2D eigenvalue weighted by molar-refractivity contribution is -0.115. The predicted octanol–water partition coefficient (Wildman–Crippen LogP) is 1.47. The zero-order valence-electron chi connectivity index (χ0n) is 11.8. The maximum atomic E-state index is 12.3.